The summed E-state index contributed by atoms with van der Waals surface area (Å²) in [4.78, 5) is 16.8. The normalized spacial score (nSPS) is 14.7. The van der Waals surface area contributed by atoms with E-state index in [0.29, 0.717) is 32.6 Å². The smallest absolute Gasteiger partial charge is 0.227 e. The topological polar surface area (TPSA) is 56.9 Å². The molecule has 1 fully saturated rings. The van der Waals surface area contributed by atoms with Crippen LogP contribution in [0.4, 0.5) is 5.69 Å². The van der Waals surface area contributed by atoms with E-state index in [1.54, 1.807) is 12.3 Å². The van der Waals surface area contributed by atoms with E-state index in [0.717, 1.165) is 22.2 Å². The van der Waals surface area contributed by atoms with Gasteiger partial charge in [0.05, 0.1) is 18.4 Å². The second-order valence-corrected chi connectivity index (χ2v) is 7.23. The zero-order chi connectivity index (χ0) is 19.0. The van der Waals surface area contributed by atoms with Crippen LogP contribution in [0.1, 0.15) is 16.7 Å². The molecule has 5 heteroatoms. The lowest BCUT2D eigenvalue weighted by atomic mass is 10.0. The lowest BCUT2D eigenvalue weighted by Crippen LogP contribution is -2.49. The molecule has 4 rings (SSSR count). The van der Waals surface area contributed by atoms with E-state index in [9.17, 15) is 9.90 Å². The van der Waals surface area contributed by atoms with Crippen LogP contribution in [-0.2, 0) is 11.2 Å². The number of rotatable bonds is 3. The SMILES string of the molecule is Cc1cc2occ(CC(=O)N3CCN(c4ccccc4O)CC3)c2cc1C. The number of aryl methyl sites for hydroxylation is 2. The molecule has 1 N–H and O–H groups in total. The number of hydrogen-bond donors (Lipinski definition) is 1. The summed E-state index contributed by atoms with van der Waals surface area (Å²) in [5, 5.41) is 11.0. The highest BCUT2D eigenvalue weighted by molar-refractivity contribution is 5.88. The Labute approximate surface area is 158 Å². The van der Waals surface area contributed by atoms with Gasteiger partial charge in [0.15, 0.2) is 0 Å². The fourth-order valence-electron chi connectivity index (χ4n) is 3.68. The van der Waals surface area contributed by atoms with Gasteiger partial charge < -0.3 is 19.3 Å². The highest BCUT2D eigenvalue weighted by atomic mass is 16.3. The Kier molecular flexibility index (Phi) is 4.52. The molecule has 0 unspecified atom stereocenters. The Hall–Kier alpha value is -2.95. The summed E-state index contributed by atoms with van der Waals surface area (Å²) in [6.45, 7) is 6.88. The molecule has 0 spiro atoms. The minimum Gasteiger partial charge on any atom is -0.506 e. The number of fused-ring (bicyclic) bond motifs is 1. The van der Waals surface area contributed by atoms with E-state index < -0.39 is 0 Å². The van der Waals surface area contributed by atoms with Gasteiger partial charge in [-0.2, -0.15) is 0 Å². The van der Waals surface area contributed by atoms with Crippen LogP contribution >= 0.6 is 0 Å². The number of para-hydroxylation sites is 2. The predicted octanol–water partition coefficient (Wildman–Crippen LogP) is 3.65. The van der Waals surface area contributed by atoms with E-state index in [4.69, 9.17) is 4.42 Å². The summed E-state index contributed by atoms with van der Waals surface area (Å²) in [7, 11) is 0. The fourth-order valence-corrected chi connectivity index (χ4v) is 3.68. The molecule has 5 nitrogen and oxygen atoms in total. The number of carbonyl (C=O) groups excluding carboxylic acids is 1. The van der Waals surface area contributed by atoms with Crippen LogP contribution in [0.2, 0.25) is 0 Å². The number of phenols is 1. The van der Waals surface area contributed by atoms with Crippen molar-refractivity contribution in [3.63, 3.8) is 0 Å². The number of benzene rings is 2. The third-order valence-electron chi connectivity index (χ3n) is 5.47. The molecule has 0 bridgehead atoms. The Bertz CT molecular complexity index is 984. The molecule has 0 aliphatic carbocycles. The molecule has 0 atom stereocenters. The molecule has 1 aliphatic heterocycles. The van der Waals surface area contributed by atoms with E-state index in [2.05, 4.69) is 24.8 Å². The quantitative estimate of drug-likeness (QED) is 0.771. The van der Waals surface area contributed by atoms with Gasteiger partial charge in [-0.15, -0.1) is 0 Å². The van der Waals surface area contributed by atoms with Gasteiger partial charge in [0.2, 0.25) is 5.91 Å². The van der Waals surface area contributed by atoms with Gasteiger partial charge in [-0.1, -0.05) is 12.1 Å². The van der Waals surface area contributed by atoms with Crippen LogP contribution in [0.25, 0.3) is 11.0 Å². The highest BCUT2D eigenvalue weighted by Gasteiger charge is 2.23. The molecule has 2 aromatic carbocycles. The second kappa shape index (κ2) is 6.99. The zero-order valence-corrected chi connectivity index (χ0v) is 15.7. The second-order valence-electron chi connectivity index (χ2n) is 7.23. The van der Waals surface area contributed by atoms with Gasteiger partial charge in [0.1, 0.15) is 11.3 Å². The van der Waals surface area contributed by atoms with Crippen molar-refractivity contribution in [2.75, 3.05) is 31.1 Å². The summed E-state index contributed by atoms with van der Waals surface area (Å²) in [5.41, 5.74) is 5.01. The van der Waals surface area contributed by atoms with E-state index in [1.165, 1.54) is 11.1 Å². The van der Waals surface area contributed by atoms with Crippen molar-refractivity contribution >= 4 is 22.6 Å². The number of piperazine rings is 1. The Morgan fingerprint density at radius 1 is 1.07 bits per heavy atom. The molecule has 2 heterocycles. The van der Waals surface area contributed by atoms with Crippen molar-refractivity contribution in [1.82, 2.24) is 4.90 Å². The average Bonchev–Trinajstić information content (AvgIpc) is 3.04. The van der Waals surface area contributed by atoms with Crippen LogP contribution < -0.4 is 4.90 Å². The van der Waals surface area contributed by atoms with Crippen molar-refractivity contribution in [3.05, 3.63) is 59.4 Å². The molecule has 1 aromatic heterocycles. The summed E-state index contributed by atoms with van der Waals surface area (Å²) >= 11 is 0. The van der Waals surface area contributed by atoms with Crippen molar-refractivity contribution in [3.8, 4) is 5.75 Å². The first kappa shape index (κ1) is 17.5. The van der Waals surface area contributed by atoms with Crippen LogP contribution in [0.3, 0.4) is 0 Å². The predicted molar refractivity (Wildman–Crippen MR) is 106 cm³/mol. The number of aromatic hydroxyl groups is 1. The molecule has 0 saturated carbocycles. The monoisotopic (exact) mass is 364 g/mol. The Balaban J connectivity index is 1.43. The maximum Gasteiger partial charge on any atom is 0.227 e. The standard InChI is InChI=1S/C22H24N2O3/c1-15-11-18-17(14-27-21(18)12-16(15)2)13-22(26)24-9-7-23(8-10-24)19-5-3-4-6-20(19)25/h3-6,11-12,14,25H,7-10,13H2,1-2H3. The molecular weight excluding hydrogens is 340 g/mol. The van der Waals surface area contributed by atoms with Crippen LogP contribution in [-0.4, -0.2) is 42.1 Å². The van der Waals surface area contributed by atoms with Crippen molar-refractivity contribution in [2.45, 2.75) is 20.3 Å². The lowest BCUT2D eigenvalue weighted by Gasteiger charge is -2.36. The molecular formula is C22H24N2O3. The van der Waals surface area contributed by atoms with Crippen molar-refractivity contribution in [1.29, 1.82) is 0 Å². The van der Waals surface area contributed by atoms with E-state index >= 15 is 0 Å². The maximum absolute atomic E-state index is 12.8. The minimum atomic E-state index is 0.118. The molecule has 0 radical (unpaired) electrons. The third kappa shape index (κ3) is 3.37. The first-order chi connectivity index (χ1) is 13.0. The maximum atomic E-state index is 12.8. The molecule has 27 heavy (non-hydrogen) atoms. The zero-order valence-electron chi connectivity index (χ0n) is 15.7. The average molecular weight is 364 g/mol. The van der Waals surface area contributed by atoms with Gasteiger partial charge in [0.25, 0.3) is 0 Å². The van der Waals surface area contributed by atoms with E-state index in [-0.39, 0.29) is 11.7 Å². The molecule has 1 amide bonds. The lowest BCUT2D eigenvalue weighted by molar-refractivity contribution is -0.130. The van der Waals surface area contributed by atoms with Gasteiger partial charge in [-0.25, -0.2) is 0 Å². The highest BCUT2D eigenvalue weighted by Crippen LogP contribution is 2.28. The number of nitrogens with zero attached hydrogens (tertiary/aromatic N) is 2. The summed E-state index contributed by atoms with van der Waals surface area (Å²) < 4.78 is 5.65. The van der Waals surface area contributed by atoms with Crippen molar-refractivity contribution < 1.29 is 14.3 Å². The van der Waals surface area contributed by atoms with Crippen LogP contribution in [0.5, 0.6) is 5.75 Å². The third-order valence-corrected chi connectivity index (χ3v) is 5.47. The van der Waals surface area contributed by atoms with Gasteiger partial charge in [-0.3, -0.25) is 4.79 Å². The van der Waals surface area contributed by atoms with Gasteiger partial charge in [0, 0.05) is 37.1 Å². The van der Waals surface area contributed by atoms with E-state index in [1.807, 2.05) is 29.2 Å². The van der Waals surface area contributed by atoms with Crippen molar-refractivity contribution in [2.24, 2.45) is 0 Å². The molecule has 1 aliphatic rings. The summed E-state index contributed by atoms with van der Waals surface area (Å²) in [6, 6.07) is 11.5. The summed E-state index contributed by atoms with van der Waals surface area (Å²) in [6.07, 6.45) is 2.06. The van der Waals surface area contributed by atoms with Crippen LogP contribution in [0, 0.1) is 13.8 Å². The first-order valence-electron chi connectivity index (χ1n) is 9.31. The first-order valence-corrected chi connectivity index (χ1v) is 9.31. The fraction of sp³-hybridized carbons (Fsp3) is 0.318. The number of anilines is 1. The summed E-state index contributed by atoms with van der Waals surface area (Å²) in [5.74, 6) is 0.403. The molecule has 140 valence electrons. The Morgan fingerprint density at radius 2 is 1.78 bits per heavy atom. The number of furan rings is 1. The molecule has 1 saturated heterocycles. The number of carbonyl (C=O) groups is 1. The number of phenolic OH excluding ortho intramolecular Hbond substituents is 1. The van der Waals surface area contributed by atoms with Gasteiger partial charge >= 0.3 is 0 Å². The Morgan fingerprint density at radius 3 is 2.52 bits per heavy atom. The number of amides is 1. The molecule has 3 aromatic rings. The van der Waals surface area contributed by atoms with Crippen LogP contribution in [0.15, 0.2) is 47.1 Å². The van der Waals surface area contributed by atoms with Gasteiger partial charge in [-0.05, 0) is 49.2 Å². The largest absolute Gasteiger partial charge is 0.506 e. The number of hydrogen-bond acceptors (Lipinski definition) is 4. The minimum absolute atomic E-state index is 0.118.